The molecule has 1 heterocycles. The summed E-state index contributed by atoms with van der Waals surface area (Å²) in [4.78, 5) is 12.7. The van der Waals surface area contributed by atoms with Gasteiger partial charge in [0.15, 0.2) is 0 Å². The third kappa shape index (κ3) is 3.73. The third-order valence-electron chi connectivity index (χ3n) is 3.14. The molecule has 17 heavy (non-hydrogen) atoms. The maximum Gasteiger partial charge on any atom is 0.261 e. The van der Waals surface area contributed by atoms with E-state index in [4.69, 9.17) is 0 Å². The number of thiophene rings is 1. The quantitative estimate of drug-likeness (QED) is 0.908. The fourth-order valence-electron chi connectivity index (χ4n) is 2.14. The monoisotopic (exact) mass is 333 g/mol. The normalized spacial score (nSPS) is 24.6. The minimum absolute atomic E-state index is 0.0771. The lowest BCUT2D eigenvalue weighted by molar-refractivity contribution is 0.0932. The largest absolute Gasteiger partial charge is 0.349 e. The van der Waals surface area contributed by atoms with Gasteiger partial charge in [-0.15, -0.1) is 11.3 Å². The van der Waals surface area contributed by atoms with Crippen molar-refractivity contribution >= 4 is 44.9 Å². The van der Waals surface area contributed by atoms with Crippen LogP contribution in [0.25, 0.3) is 0 Å². The SMILES string of the molecule is CSC1CCC(NC(=O)c2ccc(Br)s2)CC1. The molecule has 5 heteroatoms. The summed E-state index contributed by atoms with van der Waals surface area (Å²) in [6.45, 7) is 0. The van der Waals surface area contributed by atoms with E-state index in [0.29, 0.717) is 6.04 Å². The van der Waals surface area contributed by atoms with Crippen LogP contribution in [0, 0.1) is 0 Å². The maximum absolute atomic E-state index is 12.0. The number of carbonyl (C=O) groups is 1. The van der Waals surface area contributed by atoms with Gasteiger partial charge >= 0.3 is 0 Å². The van der Waals surface area contributed by atoms with Gasteiger partial charge in [0.1, 0.15) is 0 Å². The van der Waals surface area contributed by atoms with Crippen LogP contribution in [0.3, 0.4) is 0 Å². The van der Waals surface area contributed by atoms with E-state index in [9.17, 15) is 4.79 Å². The second-order valence-corrected chi connectivity index (χ2v) is 7.89. The molecule has 1 amide bonds. The number of rotatable bonds is 3. The highest BCUT2D eigenvalue weighted by atomic mass is 79.9. The van der Waals surface area contributed by atoms with Crippen molar-refractivity contribution in [2.75, 3.05) is 6.26 Å². The predicted octanol–water partition coefficient (Wildman–Crippen LogP) is 3.91. The summed E-state index contributed by atoms with van der Waals surface area (Å²) in [6.07, 6.45) is 6.85. The Morgan fingerprint density at radius 1 is 1.41 bits per heavy atom. The molecule has 94 valence electrons. The van der Waals surface area contributed by atoms with E-state index in [1.54, 1.807) is 0 Å². The summed E-state index contributed by atoms with van der Waals surface area (Å²) in [5, 5.41) is 3.93. The van der Waals surface area contributed by atoms with Crippen LogP contribution in [0.15, 0.2) is 15.9 Å². The molecule has 1 fully saturated rings. The van der Waals surface area contributed by atoms with Crippen molar-refractivity contribution in [3.8, 4) is 0 Å². The Kier molecular flexibility index (Phi) is 4.94. The summed E-state index contributed by atoms with van der Waals surface area (Å²) in [6, 6.07) is 4.16. The van der Waals surface area contributed by atoms with Gasteiger partial charge in [-0.3, -0.25) is 4.79 Å². The van der Waals surface area contributed by atoms with Crippen molar-refractivity contribution in [3.63, 3.8) is 0 Å². The summed E-state index contributed by atoms with van der Waals surface area (Å²) >= 11 is 6.82. The molecule has 0 saturated heterocycles. The molecular formula is C12H16BrNOS2. The van der Waals surface area contributed by atoms with Crippen LogP contribution in [0.2, 0.25) is 0 Å². The van der Waals surface area contributed by atoms with Crippen molar-refractivity contribution in [1.82, 2.24) is 5.32 Å². The summed E-state index contributed by atoms with van der Waals surface area (Å²) in [7, 11) is 0. The molecule has 0 spiro atoms. The average molecular weight is 334 g/mol. The van der Waals surface area contributed by atoms with Crippen LogP contribution in [0.4, 0.5) is 0 Å². The first-order valence-electron chi connectivity index (χ1n) is 5.78. The van der Waals surface area contributed by atoms with Crippen molar-refractivity contribution in [2.45, 2.75) is 37.0 Å². The van der Waals surface area contributed by atoms with Gasteiger partial charge in [-0.1, -0.05) is 0 Å². The predicted molar refractivity (Wildman–Crippen MR) is 79.0 cm³/mol. The van der Waals surface area contributed by atoms with E-state index in [2.05, 4.69) is 27.5 Å². The average Bonchev–Trinajstić information content (AvgIpc) is 2.77. The van der Waals surface area contributed by atoms with Crippen LogP contribution in [-0.4, -0.2) is 23.5 Å². The molecule has 0 unspecified atom stereocenters. The molecule has 0 aromatic carbocycles. The third-order valence-corrected chi connectivity index (χ3v) is 5.90. The van der Waals surface area contributed by atoms with Crippen molar-refractivity contribution in [2.24, 2.45) is 0 Å². The van der Waals surface area contributed by atoms with E-state index < -0.39 is 0 Å². The first kappa shape index (κ1) is 13.4. The van der Waals surface area contributed by atoms with Gasteiger partial charge in [-0.25, -0.2) is 0 Å². The van der Waals surface area contributed by atoms with Gasteiger partial charge in [0.25, 0.3) is 5.91 Å². The summed E-state index contributed by atoms with van der Waals surface area (Å²) in [5.74, 6) is 0.0771. The van der Waals surface area contributed by atoms with E-state index >= 15 is 0 Å². The molecule has 1 N–H and O–H groups in total. The van der Waals surface area contributed by atoms with Gasteiger partial charge < -0.3 is 5.32 Å². The lowest BCUT2D eigenvalue weighted by Gasteiger charge is -2.27. The van der Waals surface area contributed by atoms with Crippen molar-refractivity contribution in [1.29, 1.82) is 0 Å². The number of hydrogen-bond donors (Lipinski definition) is 1. The lowest BCUT2D eigenvalue weighted by atomic mass is 9.95. The number of hydrogen-bond acceptors (Lipinski definition) is 3. The highest BCUT2D eigenvalue weighted by molar-refractivity contribution is 9.11. The molecule has 1 saturated carbocycles. The smallest absolute Gasteiger partial charge is 0.261 e. The number of halogens is 1. The maximum atomic E-state index is 12.0. The van der Waals surface area contributed by atoms with Gasteiger partial charge in [-0.2, -0.15) is 11.8 Å². The van der Waals surface area contributed by atoms with Crippen LogP contribution < -0.4 is 5.32 Å². The van der Waals surface area contributed by atoms with Crippen LogP contribution >= 0.6 is 39.0 Å². The van der Waals surface area contributed by atoms with Gasteiger partial charge in [0.2, 0.25) is 0 Å². The Morgan fingerprint density at radius 3 is 2.65 bits per heavy atom. The second kappa shape index (κ2) is 6.25. The first-order valence-corrected chi connectivity index (χ1v) is 8.68. The summed E-state index contributed by atoms with van der Waals surface area (Å²) < 4.78 is 1.01. The fraction of sp³-hybridized carbons (Fsp3) is 0.583. The Morgan fingerprint density at radius 2 is 2.12 bits per heavy atom. The van der Waals surface area contributed by atoms with E-state index in [1.807, 2.05) is 23.9 Å². The molecule has 0 bridgehead atoms. The van der Waals surface area contributed by atoms with Crippen LogP contribution in [-0.2, 0) is 0 Å². The fourth-order valence-corrected chi connectivity index (χ4v) is 4.17. The Hall–Kier alpha value is -0.0000000000000000833. The van der Waals surface area contributed by atoms with Gasteiger partial charge in [0, 0.05) is 11.3 Å². The lowest BCUT2D eigenvalue weighted by Crippen LogP contribution is -2.37. The molecule has 0 atom stereocenters. The topological polar surface area (TPSA) is 29.1 Å². The summed E-state index contributed by atoms with van der Waals surface area (Å²) in [5.41, 5.74) is 0. The molecule has 1 aromatic rings. The van der Waals surface area contributed by atoms with Crippen molar-refractivity contribution < 1.29 is 4.79 Å². The number of nitrogens with one attached hydrogen (secondary N) is 1. The minimum Gasteiger partial charge on any atom is -0.349 e. The molecule has 2 nitrogen and oxygen atoms in total. The second-order valence-electron chi connectivity index (χ2n) is 4.29. The Balaban J connectivity index is 1.84. The molecule has 0 radical (unpaired) electrons. The zero-order chi connectivity index (χ0) is 12.3. The molecule has 1 aliphatic rings. The Bertz CT molecular complexity index is 386. The van der Waals surface area contributed by atoms with E-state index in [1.165, 1.54) is 24.2 Å². The molecule has 2 rings (SSSR count). The number of carbonyl (C=O) groups excluding carboxylic acids is 1. The minimum atomic E-state index is 0.0771. The molecule has 1 aliphatic carbocycles. The van der Waals surface area contributed by atoms with Crippen molar-refractivity contribution in [3.05, 3.63) is 20.8 Å². The van der Waals surface area contributed by atoms with Gasteiger partial charge in [-0.05, 0) is 60.0 Å². The number of amides is 1. The molecule has 0 aliphatic heterocycles. The highest BCUT2D eigenvalue weighted by Gasteiger charge is 2.22. The van der Waals surface area contributed by atoms with Crippen LogP contribution in [0.5, 0.6) is 0 Å². The van der Waals surface area contributed by atoms with Gasteiger partial charge in [0.05, 0.1) is 8.66 Å². The number of thioether (sulfide) groups is 1. The first-order chi connectivity index (χ1) is 8.19. The Labute approximate surface area is 119 Å². The standard InChI is InChI=1S/C12H16BrNOS2/c1-16-9-4-2-8(3-5-9)14-12(15)10-6-7-11(13)17-10/h6-9H,2-5H2,1H3,(H,14,15). The molecular weight excluding hydrogens is 318 g/mol. The van der Waals surface area contributed by atoms with E-state index in [-0.39, 0.29) is 5.91 Å². The zero-order valence-corrected chi connectivity index (χ0v) is 13.0. The highest BCUT2D eigenvalue weighted by Crippen LogP contribution is 2.27. The van der Waals surface area contributed by atoms with Crippen LogP contribution in [0.1, 0.15) is 35.4 Å². The van der Waals surface area contributed by atoms with E-state index in [0.717, 1.165) is 26.8 Å². The zero-order valence-electron chi connectivity index (χ0n) is 9.74. The molecule has 1 aromatic heterocycles.